The molecular weight excluding hydrogens is 545 g/mol. The van der Waals surface area contributed by atoms with E-state index in [1.807, 2.05) is 0 Å². The molecule has 7 heteroatoms. The van der Waals surface area contributed by atoms with Gasteiger partial charge in [0.1, 0.15) is 0 Å². The Kier molecular flexibility index (Phi) is 9.48. The molecule has 0 aliphatic heterocycles. The Hall–Kier alpha value is 0.0406. The lowest BCUT2D eigenvalue weighted by Crippen LogP contribution is -2.60. The third kappa shape index (κ3) is 7.05. The summed E-state index contributed by atoms with van der Waals surface area (Å²) in [6.07, 6.45) is 12.9. The Labute approximate surface area is 250 Å². The van der Waals surface area contributed by atoms with E-state index in [1.54, 1.807) is 0 Å². The molecule has 4 saturated carbocycles. The fourth-order valence-corrected chi connectivity index (χ4v) is 13.5. The molecule has 4 nitrogen and oxygen atoms in total. The van der Waals surface area contributed by atoms with E-state index in [9.17, 15) is 4.79 Å². The van der Waals surface area contributed by atoms with Gasteiger partial charge < -0.3 is 13.3 Å². The van der Waals surface area contributed by atoms with Gasteiger partial charge in [0.15, 0.2) is 16.6 Å². The Bertz CT molecular complexity index is 905. The van der Waals surface area contributed by atoms with Crippen molar-refractivity contribution < 1.29 is 18.1 Å². The van der Waals surface area contributed by atoms with Crippen LogP contribution >= 0.6 is 0 Å². The Balaban J connectivity index is 1.55. The van der Waals surface area contributed by atoms with Crippen LogP contribution in [0.5, 0.6) is 0 Å². The van der Waals surface area contributed by atoms with Gasteiger partial charge >= 0.3 is 0 Å². The average Bonchev–Trinajstić information content (AvgIpc) is 3.14. The first-order chi connectivity index (χ1) is 18.2. The number of hydrogen-bond donors (Lipinski definition) is 0. The van der Waals surface area contributed by atoms with Crippen LogP contribution in [0.2, 0.25) is 58.9 Å². The summed E-state index contributed by atoms with van der Waals surface area (Å²) >= 11 is 0. The Morgan fingerprint density at radius 3 is 2.05 bits per heavy atom. The van der Waals surface area contributed by atoms with Gasteiger partial charge in [-0.2, -0.15) is 0 Å². The standard InChI is InChI=1S/C33H64O4Si3/c1-23(13-18-31(34)37-40(10,11)12)27-16-17-28-26-15-14-24-21-25(35-38(4,5)6)19-20-32(24,2)29(26)22-30(33(27,28)3)36-39(7,8)9/h23-30H,13-22H2,1-12H3. The highest BCUT2D eigenvalue weighted by Gasteiger charge is 2.64. The van der Waals surface area contributed by atoms with Crippen molar-refractivity contribution >= 4 is 30.9 Å². The summed E-state index contributed by atoms with van der Waals surface area (Å²) in [6.45, 7) is 28.3. The molecule has 0 bridgehead atoms. The molecule has 0 spiro atoms. The Morgan fingerprint density at radius 1 is 0.800 bits per heavy atom. The van der Waals surface area contributed by atoms with Crippen molar-refractivity contribution in [3.63, 3.8) is 0 Å². The van der Waals surface area contributed by atoms with Gasteiger partial charge in [-0.3, -0.25) is 4.79 Å². The van der Waals surface area contributed by atoms with Crippen LogP contribution < -0.4 is 0 Å². The van der Waals surface area contributed by atoms with E-state index >= 15 is 0 Å². The summed E-state index contributed by atoms with van der Waals surface area (Å²) in [7, 11) is -5.07. The minimum absolute atomic E-state index is 0.0179. The molecule has 0 saturated heterocycles. The lowest BCUT2D eigenvalue weighted by atomic mass is 9.43. The monoisotopic (exact) mass is 608 g/mol. The largest absolute Gasteiger partial charge is 0.520 e. The van der Waals surface area contributed by atoms with Crippen molar-refractivity contribution in [1.82, 2.24) is 0 Å². The molecule has 0 amide bonds. The number of carbonyl (C=O) groups excluding carboxylic acids is 1. The Morgan fingerprint density at radius 2 is 1.45 bits per heavy atom. The highest BCUT2D eigenvalue weighted by Crippen LogP contribution is 2.69. The average molecular weight is 609 g/mol. The van der Waals surface area contributed by atoms with Crippen LogP contribution in [-0.2, 0) is 18.1 Å². The second-order valence-electron chi connectivity index (χ2n) is 17.9. The fraction of sp³-hybridized carbons (Fsp3) is 0.970. The predicted octanol–water partition coefficient (Wildman–Crippen LogP) is 9.49. The zero-order valence-electron chi connectivity index (χ0n) is 28.3. The van der Waals surface area contributed by atoms with Crippen LogP contribution in [0.4, 0.5) is 0 Å². The summed E-state index contributed by atoms with van der Waals surface area (Å²) in [6, 6.07) is 0. The van der Waals surface area contributed by atoms with Crippen LogP contribution in [0, 0.1) is 46.3 Å². The lowest BCUT2D eigenvalue weighted by molar-refractivity contribution is -0.169. The van der Waals surface area contributed by atoms with Crippen LogP contribution in [0.15, 0.2) is 0 Å². The van der Waals surface area contributed by atoms with Gasteiger partial charge in [-0.05, 0) is 163 Å². The van der Waals surface area contributed by atoms with Gasteiger partial charge in [-0.25, -0.2) is 0 Å². The van der Waals surface area contributed by atoms with Gasteiger partial charge in [-0.15, -0.1) is 0 Å². The normalized spacial score (nSPS) is 41.0. The smallest absolute Gasteiger partial charge is 0.292 e. The second-order valence-corrected chi connectivity index (χ2v) is 31.2. The van der Waals surface area contributed by atoms with Crippen LogP contribution in [0.1, 0.15) is 85.0 Å². The van der Waals surface area contributed by atoms with E-state index in [0.29, 0.717) is 35.9 Å². The molecule has 4 rings (SSSR count). The number of fused-ring (bicyclic) bond motifs is 5. The maximum absolute atomic E-state index is 12.6. The van der Waals surface area contributed by atoms with Crippen LogP contribution in [0.25, 0.3) is 0 Å². The minimum Gasteiger partial charge on any atom is -0.520 e. The fourth-order valence-electron chi connectivity index (χ4n) is 10.3. The first-order valence-corrected chi connectivity index (χ1v) is 27.0. The SMILES string of the molecule is CC(CCC(=O)O[Si](C)(C)C)C1CCC2C3CCC4CC(O[Si](C)(C)C)CCC4(C)C3CC(O[Si](C)(C)C)C12C. The van der Waals surface area contributed by atoms with Gasteiger partial charge in [0, 0.05) is 12.5 Å². The van der Waals surface area contributed by atoms with Gasteiger partial charge in [0.05, 0.1) is 6.10 Å². The molecule has 10 atom stereocenters. The van der Waals surface area contributed by atoms with Crippen LogP contribution in [-0.4, -0.2) is 43.1 Å². The maximum Gasteiger partial charge on any atom is 0.292 e. The molecule has 0 aromatic heterocycles. The molecule has 4 aliphatic rings. The third-order valence-corrected chi connectivity index (χ3v) is 14.6. The summed E-state index contributed by atoms with van der Waals surface area (Å²) in [5.74, 6) is 4.33. The van der Waals surface area contributed by atoms with Gasteiger partial charge in [-0.1, -0.05) is 20.8 Å². The molecule has 232 valence electrons. The summed E-state index contributed by atoms with van der Waals surface area (Å²) < 4.78 is 19.7. The number of carbonyl (C=O) groups is 1. The summed E-state index contributed by atoms with van der Waals surface area (Å²) in [5.41, 5.74) is 0.639. The molecular formula is C33H64O4Si3. The highest BCUT2D eigenvalue weighted by atomic mass is 28.4. The third-order valence-electron chi connectivity index (χ3n) is 11.7. The van der Waals surface area contributed by atoms with E-state index in [1.165, 1.54) is 51.4 Å². The van der Waals surface area contributed by atoms with E-state index in [4.69, 9.17) is 13.3 Å². The number of rotatable bonds is 9. The molecule has 0 heterocycles. The van der Waals surface area contributed by atoms with Gasteiger partial charge in [0.2, 0.25) is 8.32 Å². The molecule has 0 aromatic rings. The van der Waals surface area contributed by atoms with Crippen molar-refractivity contribution in [2.24, 2.45) is 46.3 Å². The van der Waals surface area contributed by atoms with Crippen molar-refractivity contribution in [3.8, 4) is 0 Å². The predicted molar refractivity (Wildman–Crippen MR) is 175 cm³/mol. The van der Waals surface area contributed by atoms with Crippen LogP contribution in [0.3, 0.4) is 0 Å². The molecule has 4 aliphatic carbocycles. The molecule has 0 aromatic carbocycles. The van der Waals surface area contributed by atoms with Crippen molar-refractivity contribution in [2.45, 2.75) is 156 Å². The quantitative estimate of drug-likeness (QED) is 0.245. The first kappa shape index (κ1) is 32.9. The maximum atomic E-state index is 12.6. The van der Waals surface area contributed by atoms with Crippen molar-refractivity contribution in [3.05, 3.63) is 0 Å². The highest BCUT2D eigenvalue weighted by molar-refractivity contribution is 6.71. The molecule has 0 radical (unpaired) electrons. The first-order valence-electron chi connectivity index (χ1n) is 16.8. The topological polar surface area (TPSA) is 44.8 Å². The summed E-state index contributed by atoms with van der Waals surface area (Å²) in [4.78, 5) is 12.6. The molecule has 4 fully saturated rings. The van der Waals surface area contributed by atoms with Crippen molar-refractivity contribution in [2.75, 3.05) is 0 Å². The number of hydrogen-bond acceptors (Lipinski definition) is 4. The molecule has 0 N–H and O–H groups in total. The van der Waals surface area contributed by atoms with E-state index in [0.717, 1.165) is 30.1 Å². The van der Waals surface area contributed by atoms with E-state index in [2.05, 4.69) is 79.7 Å². The van der Waals surface area contributed by atoms with Gasteiger partial charge in [0.25, 0.3) is 5.97 Å². The molecule has 40 heavy (non-hydrogen) atoms. The molecule has 10 unspecified atom stereocenters. The van der Waals surface area contributed by atoms with E-state index < -0.39 is 25.0 Å². The lowest BCUT2D eigenvalue weighted by Gasteiger charge is -2.64. The van der Waals surface area contributed by atoms with Crippen molar-refractivity contribution in [1.29, 1.82) is 0 Å². The zero-order chi connectivity index (χ0) is 29.9. The second kappa shape index (κ2) is 11.5. The zero-order valence-corrected chi connectivity index (χ0v) is 31.3. The summed E-state index contributed by atoms with van der Waals surface area (Å²) in [5, 5.41) is 0. The van der Waals surface area contributed by atoms with E-state index in [-0.39, 0.29) is 11.4 Å². The minimum atomic E-state index is -1.83.